The molecule has 30 heavy (non-hydrogen) atoms. The highest BCUT2D eigenvalue weighted by Crippen LogP contribution is 2.30. The van der Waals surface area contributed by atoms with Crippen molar-refractivity contribution in [2.24, 2.45) is 0 Å². The summed E-state index contributed by atoms with van der Waals surface area (Å²) in [7, 11) is 0. The van der Waals surface area contributed by atoms with Gasteiger partial charge < -0.3 is 14.6 Å². The molecular weight excluding hydrogens is 390 g/mol. The van der Waals surface area contributed by atoms with E-state index in [4.69, 9.17) is 9.47 Å². The fourth-order valence-electron chi connectivity index (χ4n) is 2.66. The maximum Gasteiger partial charge on any atom is 0.339 e. The molecule has 0 saturated heterocycles. The molecule has 0 amide bonds. The Balaban J connectivity index is 1.85. The predicted molar refractivity (Wildman–Crippen MR) is 106 cm³/mol. The number of benzene rings is 3. The monoisotopic (exact) mass is 407 g/mol. The molecule has 8 heteroatoms. The van der Waals surface area contributed by atoms with E-state index in [0.717, 1.165) is 12.1 Å². The van der Waals surface area contributed by atoms with E-state index in [0.29, 0.717) is 11.1 Å². The first-order chi connectivity index (χ1) is 14.5. The summed E-state index contributed by atoms with van der Waals surface area (Å²) >= 11 is 0. The summed E-state index contributed by atoms with van der Waals surface area (Å²) in [6, 6.07) is 19.3. The number of carbonyl (C=O) groups excluding carboxylic acids is 2. The Morgan fingerprint density at radius 2 is 1.23 bits per heavy atom. The molecule has 152 valence electrons. The van der Waals surface area contributed by atoms with Crippen molar-refractivity contribution in [1.29, 1.82) is 0 Å². The number of rotatable bonds is 7. The van der Waals surface area contributed by atoms with E-state index in [1.54, 1.807) is 60.7 Å². The van der Waals surface area contributed by atoms with Crippen LogP contribution in [0, 0.1) is 10.1 Å². The molecule has 1 N–H and O–H groups in total. The molecule has 0 saturated carbocycles. The Morgan fingerprint density at radius 3 is 1.67 bits per heavy atom. The Hall–Kier alpha value is -4.20. The number of ether oxygens (including phenoxy) is 2. The summed E-state index contributed by atoms with van der Waals surface area (Å²) in [6.07, 6.45) is 0. The van der Waals surface area contributed by atoms with Crippen LogP contribution in [0.5, 0.6) is 5.75 Å². The van der Waals surface area contributed by atoms with Crippen molar-refractivity contribution in [2.45, 2.75) is 13.2 Å². The molecule has 0 aliphatic heterocycles. The third-order valence-electron chi connectivity index (χ3n) is 4.18. The highest BCUT2D eigenvalue weighted by atomic mass is 16.6. The summed E-state index contributed by atoms with van der Waals surface area (Å²) in [6.45, 7) is -0.164. The number of carbonyl (C=O) groups is 2. The largest absolute Gasteiger partial charge is 0.502 e. The van der Waals surface area contributed by atoms with Gasteiger partial charge in [-0.3, -0.25) is 10.1 Å². The van der Waals surface area contributed by atoms with Gasteiger partial charge in [0.15, 0.2) is 5.75 Å². The van der Waals surface area contributed by atoms with Gasteiger partial charge in [-0.2, -0.15) is 0 Å². The van der Waals surface area contributed by atoms with E-state index >= 15 is 0 Å². The molecule has 0 aromatic heterocycles. The third-order valence-corrected chi connectivity index (χ3v) is 4.18. The predicted octanol–water partition coefficient (Wildman–Crippen LogP) is 4.01. The van der Waals surface area contributed by atoms with Crippen LogP contribution in [0.15, 0.2) is 72.8 Å². The van der Waals surface area contributed by atoms with Crippen LogP contribution in [0.1, 0.15) is 31.8 Å². The van der Waals surface area contributed by atoms with Gasteiger partial charge >= 0.3 is 17.6 Å². The molecule has 0 heterocycles. The van der Waals surface area contributed by atoms with Crippen LogP contribution in [-0.2, 0) is 22.7 Å². The van der Waals surface area contributed by atoms with Gasteiger partial charge in [0, 0.05) is 12.1 Å². The van der Waals surface area contributed by atoms with Crippen LogP contribution in [0.3, 0.4) is 0 Å². The first-order valence-corrected chi connectivity index (χ1v) is 8.89. The fourth-order valence-corrected chi connectivity index (χ4v) is 2.66. The molecule has 0 aliphatic carbocycles. The van der Waals surface area contributed by atoms with Gasteiger partial charge in [0.1, 0.15) is 13.2 Å². The Morgan fingerprint density at radius 1 is 0.800 bits per heavy atom. The average Bonchev–Trinajstić information content (AvgIpc) is 2.76. The van der Waals surface area contributed by atoms with E-state index in [-0.39, 0.29) is 24.3 Å². The zero-order chi connectivity index (χ0) is 21.5. The van der Waals surface area contributed by atoms with Gasteiger partial charge in [-0.1, -0.05) is 60.7 Å². The van der Waals surface area contributed by atoms with E-state index in [9.17, 15) is 24.8 Å². The zero-order valence-electron chi connectivity index (χ0n) is 15.7. The molecule has 0 radical (unpaired) electrons. The fraction of sp³-hybridized carbons (Fsp3) is 0.0909. The number of phenols is 1. The SMILES string of the molecule is O=C(OCc1ccccc1)c1cc(O)c([N+](=O)[O-])cc1C(=O)OCc1ccccc1. The normalized spacial score (nSPS) is 10.3. The average molecular weight is 407 g/mol. The quantitative estimate of drug-likeness (QED) is 0.357. The molecule has 0 fully saturated rings. The van der Waals surface area contributed by atoms with Crippen molar-refractivity contribution in [1.82, 2.24) is 0 Å². The lowest BCUT2D eigenvalue weighted by atomic mass is 10.1. The van der Waals surface area contributed by atoms with Gasteiger partial charge in [0.05, 0.1) is 16.1 Å². The van der Waals surface area contributed by atoms with Gasteiger partial charge in [0.2, 0.25) is 0 Å². The summed E-state index contributed by atoms with van der Waals surface area (Å²) < 4.78 is 10.4. The van der Waals surface area contributed by atoms with E-state index < -0.39 is 28.3 Å². The Labute approximate surface area is 171 Å². The van der Waals surface area contributed by atoms with Crippen molar-refractivity contribution < 1.29 is 29.1 Å². The van der Waals surface area contributed by atoms with Crippen LogP contribution in [-0.4, -0.2) is 22.0 Å². The minimum absolute atomic E-state index is 0.0735. The highest BCUT2D eigenvalue weighted by Gasteiger charge is 2.27. The number of hydrogen-bond donors (Lipinski definition) is 1. The van der Waals surface area contributed by atoms with E-state index in [1.165, 1.54) is 0 Å². The number of aromatic hydroxyl groups is 1. The van der Waals surface area contributed by atoms with E-state index in [1.807, 2.05) is 0 Å². The van der Waals surface area contributed by atoms with Crippen LogP contribution in [0.2, 0.25) is 0 Å². The Bertz CT molecular complexity index is 1070. The third kappa shape index (κ3) is 4.99. The summed E-state index contributed by atoms with van der Waals surface area (Å²) in [4.78, 5) is 35.4. The molecule has 3 rings (SSSR count). The summed E-state index contributed by atoms with van der Waals surface area (Å²) in [5.74, 6) is -2.63. The highest BCUT2D eigenvalue weighted by molar-refractivity contribution is 6.04. The van der Waals surface area contributed by atoms with Crippen molar-refractivity contribution >= 4 is 17.6 Å². The minimum atomic E-state index is -0.950. The van der Waals surface area contributed by atoms with E-state index in [2.05, 4.69) is 0 Å². The van der Waals surface area contributed by atoms with Crippen molar-refractivity contribution in [2.75, 3.05) is 0 Å². The number of nitrogens with zero attached hydrogens (tertiary/aromatic N) is 1. The van der Waals surface area contributed by atoms with Crippen LogP contribution >= 0.6 is 0 Å². The molecular formula is C22H17NO7. The zero-order valence-corrected chi connectivity index (χ0v) is 15.7. The van der Waals surface area contributed by atoms with Gasteiger partial charge in [-0.15, -0.1) is 0 Å². The smallest absolute Gasteiger partial charge is 0.339 e. The van der Waals surface area contributed by atoms with Crippen LogP contribution in [0.4, 0.5) is 5.69 Å². The first kappa shape index (κ1) is 20.5. The van der Waals surface area contributed by atoms with Crippen molar-refractivity contribution in [3.8, 4) is 5.75 Å². The topological polar surface area (TPSA) is 116 Å². The van der Waals surface area contributed by atoms with Gasteiger partial charge in [-0.25, -0.2) is 9.59 Å². The molecule has 3 aromatic carbocycles. The molecule has 3 aromatic rings. The minimum Gasteiger partial charge on any atom is -0.502 e. The number of esters is 2. The number of phenolic OH excluding ortho intramolecular Hbond substituents is 1. The lowest BCUT2D eigenvalue weighted by Crippen LogP contribution is -2.15. The second kappa shape index (κ2) is 9.33. The first-order valence-electron chi connectivity index (χ1n) is 8.89. The van der Waals surface area contributed by atoms with Crippen molar-refractivity contribution in [3.05, 3.63) is 105 Å². The van der Waals surface area contributed by atoms with Crippen LogP contribution < -0.4 is 0 Å². The van der Waals surface area contributed by atoms with Crippen molar-refractivity contribution in [3.63, 3.8) is 0 Å². The number of nitro groups is 1. The molecule has 8 nitrogen and oxygen atoms in total. The molecule has 0 unspecified atom stereocenters. The van der Waals surface area contributed by atoms with Gasteiger partial charge in [-0.05, 0) is 11.1 Å². The maximum absolute atomic E-state index is 12.6. The lowest BCUT2D eigenvalue weighted by Gasteiger charge is -2.11. The van der Waals surface area contributed by atoms with Gasteiger partial charge in [0.25, 0.3) is 0 Å². The van der Waals surface area contributed by atoms with Crippen LogP contribution in [0.25, 0.3) is 0 Å². The molecule has 0 aliphatic rings. The summed E-state index contributed by atoms with van der Waals surface area (Å²) in [5.41, 5.74) is -0.000578. The Kier molecular flexibility index (Phi) is 6.39. The lowest BCUT2D eigenvalue weighted by molar-refractivity contribution is -0.385. The second-order valence-corrected chi connectivity index (χ2v) is 6.27. The summed E-state index contributed by atoms with van der Waals surface area (Å²) in [5, 5.41) is 21.1. The second-order valence-electron chi connectivity index (χ2n) is 6.27. The standard InChI is InChI=1S/C22H17NO7/c24-20-12-18(22(26)30-14-16-9-5-2-6-10-16)17(11-19(20)23(27)28)21(25)29-13-15-7-3-1-4-8-15/h1-12,24H,13-14H2. The molecule has 0 atom stereocenters. The molecule has 0 spiro atoms. The maximum atomic E-state index is 12.6. The number of nitro benzene ring substituents is 1. The number of hydrogen-bond acceptors (Lipinski definition) is 7. The molecule has 0 bridgehead atoms.